The van der Waals surface area contributed by atoms with Crippen LogP contribution in [-0.2, 0) is 4.79 Å². The van der Waals surface area contributed by atoms with Crippen molar-refractivity contribution in [2.24, 2.45) is 0 Å². The first-order valence-corrected chi connectivity index (χ1v) is 7.43. The molecule has 21 heavy (non-hydrogen) atoms. The molecule has 0 atom stereocenters. The van der Waals surface area contributed by atoms with Gasteiger partial charge in [0.05, 0.1) is 17.1 Å². The normalized spacial score (nSPS) is 15.0. The lowest BCUT2D eigenvalue weighted by atomic mass is 10.1. The summed E-state index contributed by atoms with van der Waals surface area (Å²) in [5.74, 6) is -0.609. The van der Waals surface area contributed by atoms with E-state index in [4.69, 9.17) is 23.1 Å². The number of benzene rings is 1. The van der Waals surface area contributed by atoms with Gasteiger partial charge in [-0.15, -0.1) is 0 Å². The third-order valence-electron chi connectivity index (χ3n) is 3.61. The molecule has 0 spiro atoms. The van der Waals surface area contributed by atoms with Crippen LogP contribution in [0.2, 0.25) is 5.02 Å². The van der Waals surface area contributed by atoms with E-state index < -0.39 is 5.82 Å². The van der Waals surface area contributed by atoms with Crippen molar-refractivity contribution < 1.29 is 9.18 Å². The molecule has 1 aromatic rings. The highest BCUT2D eigenvalue weighted by molar-refractivity contribution is 6.33. The quantitative estimate of drug-likeness (QED) is 0.745. The zero-order valence-electron chi connectivity index (χ0n) is 11.8. The van der Waals surface area contributed by atoms with Crippen molar-refractivity contribution in [1.29, 1.82) is 0 Å². The maximum Gasteiger partial charge on any atom is 0.224 e. The second-order valence-electron chi connectivity index (χ2n) is 5.18. The van der Waals surface area contributed by atoms with E-state index >= 15 is 0 Å². The Morgan fingerprint density at radius 1 is 1.29 bits per heavy atom. The molecule has 1 amide bonds. The molecule has 1 aliphatic rings. The number of likely N-dealkylation sites (tertiary alicyclic amines) is 1. The van der Waals surface area contributed by atoms with Crippen LogP contribution in [0.3, 0.4) is 0 Å². The minimum atomic E-state index is -0.681. The fourth-order valence-electron chi connectivity index (χ4n) is 2.44. The zero-order valence-corrected chi connectivity index (χ0v) is 12.5. The highest BCUT2D eigenvalue weighted by Crippen LogP contribution is 2.33. The largest absolute Gasteiger partial charge is 0.397 e. The van der Waals surface area contributed by atoms with E-state index in [-0.39, 0.29) is 28.0 Å². The Labute approximate surface area is 128 Å². The maximum atomic E-state index is 14.0. The fourth-order valence-corrected chi connectivity index (χ4v) is 2.59. The van der Waals surface area contributed by atoms with Gasteiger partial charge in [0.2, 0.25) is 5.91 Å². The second-order valence-corrected chi connectivity index (χ2v) is 5.55. The summed E-state index contributed by atoms with van der Waals surface area (Å²) in [4.78, 5) is 13.8. The molecule has 2 rings (SSSR count). The van der Waals surface area contributed by atoms with Gasteiger partial charge in [0, 0.05) is 26.1 Å². The molecule has 116 valence electrons. The van der Waals surface area contributed by atoms with Crippen molar-refractivity contribution in [1.82, 2.24) is 4.90 Å². The number of nitrogens with one attached hydrogen (secondary N) is 1. The van der Waals surface area contributed by atoms with Crippen LogP contribution < -0.4 is 16.8 Å². The molecule has 0 aromatic heterocycles. The van der Waals surface area contributed by atoms with E-state index in [1.54, 1.807) is 0 Å². The van der Waals surface area contributed by atoms with Crippen molar-refractivity contribution in [3.05, 3.63) is 16.9 Å². The van der Waals surface area contributed by atoms with Crippen LogP contribution in [0.25, 0.3) is 0 Å². The van der Waals surface area contributed by atoms with Gasteiger partial charge in [-0.2, -0.15) is 0 Å². The Morgan fingerprint density at radius 3 is 2.62 bits per heavy atom. The molecule has 1 fully saturated rings. The summed E-state index contributed by atoms with van der Waals surface area (Å²) in [7, 11) is 0. The van der Waals surface area contributed by atoms with Crippen LogP contribution in [-0.4, -0.2) is 30.4 Å². The van der Waals surface area contributed by atoms with E-state index in [9.17, 15) is 9.18 Å². The predicted octanol–water partition coefficient (Wildman–Crippen LogP) is 2.46. The number of amides is 1. The number of nitrogens with zero attached hydrogens (tertiary/aromatic N) is 1. The van der Waals surface area contributed by atoms with E-state index in [1.807, 2.05) is 4.90 Å². The van der Waals surface area contributed by atoms with Crippen LogP contribution in [0.1, 0.15) is 25.7 Å². The second kappa shape index (κ2) is 6.85. The summed E-state index contributed by atoms with van der Waals surface area (Å²) in [5, 5.41) is 2.67. The molecule has 5 N–H and O–H groups in total. The number of hydrogen-bond donors (Lipinski definition) is 3. The lowest BCUT2D eigenvalue weighted by molar-refractivity contribution is -0.131. The number of nitrogen functional groups attached to an aromatic ring is 2. The highest BCUT2D eigenvalue weighted by Gasteiger charge is 2.17. The molecule has 1 heterocycles. The minimum absolute atomic E-state index is 0.0720. The van der Waals surface area contributed by atoms with Gasteiger partial charge < -0.3 is 21.7 Å². The summed E-state index contributed by atoms with van der Waals surface area (Å²) in [6.07, 6.45) is 3.57. The molecule has 5 nitrogen and oxygen atoms in total. The first-order valence-electron chi connectivity index (χ1n) is 7.05. The fraction of sp³-hybridized carbons (Fsp3) is 0.500. The van der Waals surface area contributed by atoms with Gasteiger partial charge in [-0.1, -0.05) is 11.6 Å². The van der Waals surface area contributed by atoms with Crippen molar-refractivity contribution in [3.63, 3.8) is 0 Å². The van der Waals surface area contributed by atoms with Gasteiger partial charge in [0.25, 0.3) is 0 Å². The summed E-state index contributed by atoms with van der Waals surface area (Å²) >= 11 is 5.75. The molecule has 0 aliphatic carbocycles. The van der Waals surface area contributed by atoms with Crippen LogP contribution >= 0.6 is 11.6 Å². The number of carbonyl (C=O) groups is 1. The molecule has 7 heteroatoms. The Morgan fingerprint density at radius 2 is 1.95 bits per heavy atom. The molecule has 0 bridgehead atoms. The Kier molecular flexibility index (Phi) is 5.12. The van der Waals surface area contributed by atoms with Crippen LogP contribution in [0.4, 0.5) is 21.5 Å². The standard InChI is InChI=1S/C14H20ClFN4O/c15-12-9(17)8-10(18)14(13(12)16)19-5-4-11(21)20-6-2-1-3-7-20/h8,19H,1-7,17-18H2. The first kappa shape index (κ1) is 15.7. The molecular weight excluding hydrogens is 295 g/mol. The number of anilines is 3. The number of piperidine rings is 1. The third kappa shape index (κ3) is 3.69. The maximum absolute atomic E-state index is 14.0. The van der Waals surface area contributed by atoms with Gasteiger partial charge in [-0.05, 0) is 25.3 Å². The van der Waals surface area contributed by atoms with Gasteiger partial charge in [-0.25, -0.2) is 4.39 Å². The van der Waals surface area contributed by atoms with Crippen molar-refractivity contribution in [2.45, 2.75) is 25.7 Å². The summed E-state index contributed by atoms with van der Waals surface area (Å²) in [6.45, 7) is 1.92. The third-order valence-corrected chi connectivity index (χ3v) is 4.00. The molecule has 0 unspecified atom stereocenters. The van der Waals surface area contributed by atoms with E-state index in [2.05, 4.69) is 5.32 Å². The lowest BCUT2D eigenvalue weighted by Gasteiger charge is -2.26. The molecular formula is C14H20ClFN4O. The topological polar surface area (TPSA) is 84.4 Å². The summed E-state index contributed by atoms with van der Waals surface area (Å²) in [6, 6.07) is 1.40. The molecule has 1 aromatic carbocycles. The lowest BCUT2D eigenvalue weighted by Crippen LogP contribution is -2.36. The van der Waals surface area contributed by atoms with Crippen LogP contribution in [0.5, 0.6) is 0 Å². The Bertz CT molecular complexity index is 532. The van der Waals surface area contributed by atoms with Crippen molar-refractivity contribution >= 4 is 34.6 Å². The number of carbonyl (C=O) groups excluding carboxylic acids is 1. The predicted molar refractivity (Wildman–Crippen MR) is 83.8 cm³/mol. The Hall–Kier alpha value is -1.69. The number of rotatable bonds is 4. The number of nitrogens with two attached hydrogens (primary N) is 2. The van der Waals surface area contributed by atoms with Gasteiger partial charge in [0.15, 0.2) is 5.82 Å². The van der Waals surface area contributed by atoms with E-state index in [1.165, 1.54) is 12.5 Å². The molecule has 1 aliphatic heterocycles. The summed E-state index contributed by atoms with van der Waals surface area (Å²) in [5.41, 5.74) is 11.6. The van der Waals surface area contributed by atoms with Gasteiger partial charge in [0.1, 0.15) is 5.02 Å². The smallest absolute Gasteiger partial charge is 0.224 e. The van der Waals surface area contributed by atoms with E-state index in [0.717, 1.165) is 25.9 Å². The monoisotopic (exact) mass is 314 g/mol. The molecule has 0 radical (unpaired) electrons. The summed E-state index contributed by atoms with van der Waals surface area (Å²) < 4.78 is 14.0. The van der Waals surface area contributed by atoms with Crippen molar-refractivity contribution in [3.8, 4) is 0 Å². The molecule has 1 saturated heterocycles. The molecule has 0 saturated carbocycles. The SMILES string of the molecule is Nc1cc(N)c(NCCC(=O)N2CCCCC2)c(F)c1Cl. The van der Waals surface area contributed by atoms with Crippen LogP contribution in [0.15, 0.2) is 6.07 Å². The van der Waals surface area contributed by atoms with Crippen LogP contribution in [0, 0.1) is 5.82 Å². The highest BCUT2D eigenvalue weighted by atomic mass is 35.5. The van der Waals surface area contributed by atoms with Gasteiger partial charge in [-0.3, -0.25) is 4.79 Å². The number of halogens is 2. The van der Waals surface area contributed by atoms with E-state index in [0.29, 0.717) is 13.0 Å². The van der Waals surface area contributed by atoms with Gasteiger partial charge >= 0.3 is 0 Å². The average molecular weight is 315 g/mol. The minimum Gasteiger partial charge on any atom is -0.397 e. The van der Waals surface area contributed by atoms with Crippen molar-refractivity contribution in [2.75, 3.05) is 36.4 Å². The first-order chi connectivity index (χ1) is 10.0. The zero-order chi connectivity index (χ0) is 15.4. The average Bonchev–Trinajstić information content (AvgIpc) is 2.49. The number of hydrogen-bond acceptors (Lipinski definition) is 4. The Balaban J connectivity index is 1.91.